The van der Waals surface area contributed by atoms with Crippen LogP contribution in [0.15, 0.2) is 18.3 Å². The van der Waals surface area contributed by atoms with Crippen LogP contribution in [0.5, 0.6) is 0 Å². The Morgan fingerprint density at radius 3 is 2.23 bits per heavy atom. The summed E-state index contributed by atoms with van der Waals surface area (Å²) in [7, 11) is 4.11. The fraction of sp³-hybridized carbons (Fsp3) is 0.545. The van der Waals surface area contributed by atoms with Gasteiger partial charge in [0.1, 0.15) is 0 Å². The lowest BCUT2D eigenvalue weighted by Crippen LogP contribution is -2.10. The lowest BCUT2D eigenvalue weighted by molar-refractivity contribution is 0.402. The van der Waals surface area contributed by atoms with E-state index < -0.39 is 0 Å². The molecule has 0 aliphatic carbocycles. The summed E-state index contributed by atoms with van der Waals surface area (Å²) in [5, 5.41) is 0. The zero-order valence-electron chi connectivity index (χ0n) is 9.33. The van der Waals surface area contributed by atoms with E-state index in [1.165, 1.54) is 5.56 Å². The van der Waals surface area contributed by atoms with Gasteiger partial charge in [-0.25, -0.2) is 0 Å². The van der Waals surface area contributed by atoms with E-state index in [0.717, 1.165) is 12.2 Å². The molecular formula is C11H20N2. The molecule has 2 heteroatoms. The highest BCUT2D eigenvalue weighted by Crippen LogP contribution is 2.00. The molecule has 74 valence electrons. The zero-order valence-corrected chi connectivity index (χ0v) is 9.33. The van der Waals surface area contributed by atoms with Crippen molar-refractivity contribution in [3.63, 3.8) is 0 Å². The fourth-order valence-electron chi connectivity index (χ4n) is 0.957. The van der Waals surface area contributed by atoms with Gasteiger partial charge < -0.3 is 4.90 Å². The first kappa shape index (κ1) is 12.1. The molecule has 0 N–H and O–H groups in total. The van der Waals surface area contributed by atoms with Gasteiger partial charge in [-0.15, -0.1) is 0 Å². The molecule has 1 aromatic heterocycles. The minimum absolute atomic E-state index is 0.966. The largest absolute Gasteiger partial charge is 0.305 e. The smallest absolute Gasteiger partial charge is 0.0372 e. The Morgan fingerprint density at radius 2 is 1.85 bits per heavy atom. The van der Waals surface area contributed by atoms with Crippen LogP contribution in [0.4, 0.5) is 0 Å². The molecule has 1 rings (SSSR count). The highest BCUT2D eigenvalue weighted by Gasteiger charge is 1.93. The Hall–Kier alpha value is -0.890. The average molecular weight is 180 g/mol. The van der Waals surface area contributed by atoms with E-state index in [4.69, 9.17) is 0 Å². The third-order valence-corrected chi connectivity index (χ3v) is 1.47. The molecule has 0 aliphatic heterocycles. The maximum absolute atomic E-state index is 4.21. The SMILES string of the molecule is CC.Cc1ccc(CN(C)C)cn1. The number of pyridine rings is 1. The second kappa shape index (κ2) is 6.61. The molecule has 0 spiro atoms. The van der Waals surface area contributed by atoms with Crippen LogP contribution in [0.25, 0.3) is 0 Å². The first-order valence-electron chi connectivity index (χ1n) is 4.75. The van der Waals surface area contributed by atoms with E-state index in [9.17, 15) is 0 Å². The number of aromatic nitrogens is 1. The van der Waals surface area contributed by atoms with Crippen molar-refractivity contribution < 1.29 is 0 Å². The van der Waals surface area contributed by atoms with Crippen molar-refractivity contribution in [1.29, 1.82) is 0 Å². The van der Waals surface area contributed by atoms with Crippen molar-refractivity contribution in [3.05, 3.63) is 29.6 Å². The number of hydrogen-bond acceptors (Lipinski definition) is 2. The molecule has 0 aliphatic rings. The first-order chi connectivity index (χ1) is 6.18. The summed E-state index contributed by atoms with van der Waals surface area (Å²) in [5.41, 5.74) is 2.34. The predicted molar refractivity (Wildman–Crippen MR) is 57.7 cm³/mol. The maximum atomic E-state index is 4.21. The van der Waals surface area contributed by atoms with Crippen LogP contribution in [0.2, 0.25) is 0 Å². The lowest BCUT2D eigenvalue weighted by atomic mass is 10.2. The summed E-state index contributed by atoms with van der Waals surface area (Å²) < 4.78 is 0. The number of nitrogens with zero attached hydrogens (tertiary/aromatic N) is 2. The van der Waals surface area contributed by atoms with Crippen LogP contribution in [0.1, 0.15) is 25.1 Å². The van der Waals surface area contributed by atoms with E-state index in [2.05, 4.69) is 30.0 Å². The summed E-state index contributed by atoms with van der Waals surface area (Å²) in [6.45, 7) is 6.96. The van der Waals surface area contributed by atoms with Crippen LogP contribution in [0, 0.1) is 6.92 Å². The Bertz CT molecular complexity index is 214. The highest BCUT2D eigenvalue weighted by atomic mass is 15.0. The minimum Gasteiger partial charge on any atom is -0.305 e. The monoisotopic (exact) mass is 180 g/mol. The van der Waals surface area contributed by atoms with Crippen molar-refractivity contribution in [2.75, 3.05) is 14.1 Å². The minimum atomic E-state index is 0.966. The van der Waals surface area contributed by atoms with Crippen LogP contribution in [-0.4, -0.2) is 24.0 Å². The Morgan fingerprint density at radius 1 is 1.23 bits per heavy atom. The molecule has 0 aromatic carbocycles. The van der Waals surface area contributed by atoms with E-state index in [-0.39, 0.29) is 0 Å². The normalized spacial score (nSPS) is 9.38. The van der Waals surface area contributed by atoms with Crippen molar-refractivity contribution >= 4 is 0 Å². The molecule has 0 amide bonds. The molecular weight excluding hydrogens is 160 g/mol. The van der Waals surface area contributed by atoms with Gasteiger partial charge in [0.05, 0.1) is 0 Å². The van der Waals surface area contributed by atoms with Gasteiger partial charge in [-0.3, -0.25) is 4.98 Å². The second-order valence-electron chi connectivity index (χ2n) is 3.05. The maximum Gasteiger partial charge on any atom is 0.0372 e. The van der Waals surface area contributed by atoms with Crippen LogP contribution in [-0.2, 0) is 6.54 Å². The highest BCUT2D eigenvalue weighted by molar-refractivity contribution is 5.12. The standard InChI is InChI=1S/C9H14N2.C2H6/c1-8-4-5-9(6-10-8)7-11(2)3;1-2/h4-6H,7H2,1-3H3;1-2H3. The van der Waals surface area contributed by atoms with Crippen molar-refractivity contribution in [2.45, 2.75) is 27.3 Å². The van der Waals surface area contributed by atoms with E-state index in [0.29, 0.717) is 0 Å². The summed E-state index contributed by atoms with van der Waals surface area (Å²) in [6.07, 6.45) is 1.93. The van der Waals surface area contributed by atoms with Gasteiger partial charge in [0.25, 0.3) is 0 Å². The third kappa shape index (κ3) is 5.36. The van der Waals surface area contributed by atoms with Crippen molar-refractivity contribution in [2.24, 2.45) is 0 Å². The van der Waals surface area contributed by atoms with Gasteiger partial charge in [0, 0.05) is 18.4 Å². The number of rotatable bonds is 2. The van der Waals surface area contributed by atoms with Crippen molar-refractivity contribution in [1.82, 2.24) is 9.88 Å². The van der Waals surface area contributed by atoms with E-state index in [1.54, 1.807) is 0 Å². The van der Waals surface area contributed by atoms with Crippen LogP contribution < -0.4 is 0 Å². The third-order valence-electron chi connectivity index (χ3n) is 1.47. The molecule has 0 atom stereocenters. The molecule has 0 saturated carbocycles. The van der Waals surface area contributed by atoms with Gasteiger partial charge in [0.2, 0.25) is 0 Å². The summed E-state index contributed by atoms with van der Waals surface area (Å²) in [6, 6.07) is 4.15. The molecule has 0 radical (unpaired) electrons. The Labute approximate surface area is 81.6 Å². The summed E-state index contributed by atoms with van der Waals surface area (Å²) >= 11 is 0. The van der Waals surface area contributed by atoms with Gasteiger partial charge in [-0.05, 0) is 32.6 Å². The van der Waals surface area contributed by atoms with Gasteiger partial charge in [0.15, 0.2) is 0 Å². The van der Waals surface area contributed by atoms with Gasteiger partial charge in [-0.1, -0.05) is 19.9 Å². The average Bonchev–Trinajstić information content (AvgIpc) is 2.12. The van der Waals surface area contributed by atoms with Gasteiger partial charge in [-0.2, -0.15) is 0 Å². The predicted octanol–water partition coefficient (Wildman–Crippen LogP) is 2.48. The molecule has 0 unspecified atom stereocenters. The first-order valence-corrected chi connectivity index (χ1v) is 4.75. The Balaban J connectivity index is 0.000000671. The fourth-order valence-corrected chi connectivity index (χ4v) is 0.957. The summed E-state index contributed by atoms with van der Waals surface area (Å²) in [4.78, 5) is 6.34. The second-order valence-corrected chi connectivity index (χ2v) is 3.05. The topological polar surface area (TPSA) is 16.1 Å². The number of hydrogen-bond donors (Lipinski definition) is 0. The number of aryl methyl sites for hydroxylation is 1. The molecule has 0 bridgehead atoms. The van der Waals surface area contributed by atoms with Gasteiger partial charge >= 0.3 is 0 Å². The quantitative estimate of drug-likeness (QED) is 0.695. The Kier molecular flexibility index (Phi) is 6.15. The molecule has 2 nitrogen and oxygen atoms in total. The van der Waals surface area contributed by atoms with Crippen molar-refractivity contribution in [3.8, 4) is 0 Å². The summed E-state index contributed by atoms with van der Waals surface area (Å²) in [5.74, 6) is 0. The molecule has 13 heavy (non-hydrogen) atoms. The molecule has 0 saturated heterocycles. The molecule has 0 fully saturated rings. The van der Waals surface area contributed by atoms with E-state index >= 15 is 0 Å². The van der Waals surface area contributed by atoms with E-state index in [1.807, 2.05) is 33.0 Å². The molecule has 1 heterocycles. The van der Waals surface area contributed by atoms with Crippen LogP contribution in [0.3, 0.4) is 0 Å². The van der Waals surface area contributed by atoms with Crippen LogP contribution >= 0.6 is 0 Å². The zero-order chi connectivity index (χ0) is 10.3. The lowest BCUT2D eigenvalue weighted by Gasteiger charge is -2.08. The molecule has 1 aromatic rings.